The summed E-state index contributed by atoms with van der Waals surface area (Å²) in [7, 11) is 4.21. The van der Waals surface area contributed by atoms with Gasteiger partial charge in [-0.3, -0.25) is 48.4 Å². The second-order valence-electron chi connectivity index (χ2n) is 34.1. The van der Waals surface area contributed by atoms with E-state index in [1.54, 1.807) is 0 Å². The molecule has 0 saturated carbocycles. The monoisotopic (exact) mass is 1780 g/mol. The zero-order valence-electron chi connectivity index (χ0n) is 78.7. The minimum absolute atomic E-state index is 0.0790. The molecule has 3 fully saturated rings. The predicted molar refractivity (Wildman–Crippen MR) is 504 cm³/mol. The minimum atomic E-state index is -0.845. The Kier molecular flexibility index (Phi) is 52.5. The maximum Gasteiger partial charge on any atom is 0.330 e. The van der Waals surface area contributed by atoms with E-state index >= 15 is 9.59 Å². The molecular formula is C102H156N8O18. The van der Waals surface area contributed by atoms with Gasteiger partial charge in [0.05, 0.1) is 103 Å². The molecule has 0 bridgehead atoms. The Hall–Kier alpha value is -8.28. The van der Waals surface area contributed by atoms with Crippen molar-refractivity contribution in [2.24, 2.45) is 0 Å². The topological polar surface area (TPSA) is 255 Å². The molecule has 7 rings (SSSR count). The molecule has 128 heavy (non-hydrogen) atoms. The zero-order valence-corrected chi connectivity index (χ0v) is 78.7. The molecule has 26 heteroatoms. The van der Waals surface area contributed by atoms with Crippen LogP contribution >= 0.6 is 0 Å². The van der Waals surface area contributed by atoms with Gasteiger partial charge in [0.25, 0.3) is 11.8 Å². The fraction of sp³-hybridized carbons (Fsp3) is 0.647. The van der Waals surface area contributed by atoms with Crippen molar-refractivity contribution in [1.82, 2.24) is 29.4 Å². The molecule has 3 aliphatic heterocycles. The first-order chi connectivity index (χ1) is 62.4. The van der Waals surface area contributed by atoms with Gasteiger partial charge in [0.15, 0.2) is 11.6 Å². The molecule has 3 saturated heterocycles. The largest absolute Gasteiger partial charge is 0.463 e. The number of anilines is 2. The maximum absolute atomic E-state index is 15.4. The second kappa shape index (κ2) is 62.9. The van der Waals surface area contributed by atoms with Crippen LogP contribution < -0.4 is 9.80 Å². The number of Topliss-reactive ketones (excluding diaryl/α,β-unsaturated/α-hetero) is 2. The lowest BCUT2D eigenvalue weighted by Crippen LogP contribution is -2.54. The number of hydrogen-bond donors (Lipinski definition) is 0. The lowest BCUT2D eigenvalue weighted by atomic mass is 9.79. The van der Waals surface area contributed by atoms with E-state index < -0.39 is 23.0 Å². The second-order valence-corrected chi connectivity index (χ2v) is 34.1. The van der Waals surface area contributed by atoms with Gasteiger partial charge in [0, 0.05) is 137 Å². The molecule has 3 aliphatic rings. The number of rotatable bonds is 70. The molecule has 712 valence electrons. The van der Waals surface area contributed by atoms with Gasteiger partial charge < -0.3 is 67.0 Å². The van der Waals surface area contributed by atoms with E-state index in [9.17, 15) is 28.8 Å². The highest BCUT2D eigenvalue weighted by atomic mass is 16.6. The molecule has 4 aromatic carbocycles. The van der Waals surface area contributed by atoms with Crippen LogP contribution in [0.3, 0.4) is 0 Å². The molecule has 0 spiro atoms. The summed E-state index contributed by atoms with van der Waals surface area (Å²) in [4.78, 5) is 124. The molecule has 4 aromatic rings. The van der Waals surface area contributed by atoms with E-state index in [4.69, 9.17) is 47.4 Å². The van der Waals surface area contributed by atoms with E-state index in [-0.39, 0.29) is 101 Å². The summed E-state index contributed by atoms with van der Waals surface area (Å²) in [6, 6.07) is 31.8. The van der Waals surface area contributed by atoms with Crippen molar-refractivity contribution in [3.63, 3.8) is 0 Å². The van der Waals surface area contributed by atoms with Crippen LogP contribution in [0.5, 0.6) is 0 Å². The SMILES string of the molecule is C=CC(=O)OCCOCCOCCOCCOC(=O)CCN1CCN(c2ccc(C(=O)C(CC)(Cc3ccc(C(=O)N4CCN(C(=O)c5ccc(CC(CC)(C(=O)c6ccc(N7CCN(CCC(=O)OCCOCCOCCOCCOC(=O)C=C)CC7)cc6)N(C)CCCCCCCCCCCC)cc5)CC4)cc3)N(C)CCCCCCCCCCCC)cc2)CC1. The van der Waals surface area contributed by atoms with Crippen molar-refractivity contribution >= 4 is 58.6 Å². The van der Waals surface area contributed by atoms with Gasteiger partial charge in [-0.25, -0.2) is 9.59 Å². The molecule has 26 nitrogen and oxygen atoms in total. The molecule has 0 aliphatic carbocycles. The van der Waals surface area contributed by atoms with E-state index in [0.29, 0.717) is 140 Å². The van der Waals surface area contributed by atoms with E-state index in [0.717, 1.165) is 126 Å². The summed E-state index contributed by atoms with van der Waals surface area (Å²) < 4.78 is 53.4. The number of unbranched alkanes of at least 4 members (excludes halogenated alkanes) is 18. The number of carbonyl (C=O) groups excluding carboxylic acids is 8. The van der Waals surface area contributed by atoms with Gasteiger partial charge in [0.2, 0.25) is 0 Å². The third-order valence-corrected chi connectivity index (χ3v) is 25.2. The molecule has 2 atom stereocenters. The lowest BCUT2D eigenvalue weighted by Gasteiger charge is -2.41. The van der Waals surface area contributed by atoms with Crippen LogP contribution in [0.4, 0.5) is 11.4 Å². The van der Waals surface area contributed by atoms with Crippen molar-refractivity contribution in [3.8, 4) is 0 Å². The number of amides is 2. The van der Waals surface area contributed by atoms with Crippen LogP contribution in [0.15, 0.2) is 122 Å². The van der Waals surface area contributed by atoms with Crippen molar-refractivity contribution < 1.29 is 85.7 Å². The third kappa shape index (κ3) is 38.6. The fourth-order valence-corrected chi connectivity index (χ4v) is 17.0. The number of ketones is 2. The van der Waals surface area contributed by atoms with Gasteiger partial charge in [0.1, 0.15) is 26.4 Å². The highest BCUT2D eigenvalue weighted by Crippen LogP contribution is 2.34. The zero-order chi connectivity index (χ0) is 91.7. The number of esters is 4. The maximum atomic E-state index is 15.4. The van der Waals surface area contributed by atoms with Gasteiger partial charge in [-0.05, 0) is 150 Å². The van der Waals surface area contributed by atoms with Crippen LogP contribution in [-0.4, -0.2) is 312 Å². The van der Waals surface area contributed by atoms with Crippen molar-refractivity contribution in [2.75, 3.05) is 234 Å². The molecule has 0 radical (unpaired) electrons. The summed E-state index contributed by atoms with van der Waals surface area (Å²) in [5.41, 5.74) is 4.81. The number of piperazine rings is 3. The summed E-state index contributed by atoms with van der Waals surface area (Å²) in [6.07, 6.45) is 29.4. The minimum Gasteiger partial charge on any atom is -0.463 e. The van der Waals surface area contributed by atoms with Crippen molar-refractivity contribution in [2.45, 2.75) is 206 Å². The Bertz CT molecular complexity index is 3570. The number of ether oxygens (including phenoxy) is 10. The first kappa shape index (κ1) is 107. The predicted octanol–water partition coefficient (Wildman–Crippen LogP) is 14.8. The Morgan fingerprint density at radius 2 is 0.594 bits per heavy atom. The fourth-order valence-electron chi connectivity index (χ4n) is 17.0. The quantitative estimate of drug-likeness (QED) is 0.0131. The van der Waals surface area contributed by atoms with Gasteiger partial charge in [-0.15, -0.1) is 0 Å². The molecule has 0 aromatic heterocycles. The Labute approximate surface area is 765 Å². The standard InChI is InChI=1S/C102H156N8O18/c1-9-15-17-19-21-23-25-27-29-31-51-103(7)101(13-5,97(115)87-41-45-91(46-42-87)107-59-55-105(56-60-107)53-49-95(113)127-81-77-123-73-69-119-67-71-121-75-79-125-93(111)11-3)83-85-33-37-89(38-34-85)99(117)109-63-65-110(66-64-109)100(118)90-39-35-86(36-40-90)84-102(14-6,104(8)52-32-30-28-26-24-22-20-18-16-10-2)98(116)88-43-47-92(48-44-88)108-61-57-106(58-62-108)54-50-96(114)128-82-78-124-74-70-120-68-72-122-76-80-126-94(112)12-4/h11-12,33-48H,3-4,9-10,13-32,49-84H2,1-2,5-8H3. The van der Waals surface area contributed by atoms with Gasteiger partial charge >= 0.3 is 23.9 Å². The van der Waals surface area contributed by atoms with Crippen LogP contribution in [0, 0.1) is 0 Å². The average Bonchev–Trinajstić information content (AvgIpc) is 0.781. The van der Waals surface area contributed by atoms with Crippen LogP contribution in [0.1, 0.15) is 234 Å². The summed E-state index contributed by atoms with van der Waals surface area (Å²) in [6.45, 7) is 30.7. The highest BCUT2D eigenvalue weighted by Gasteiger charge is 2.43. The van der Waals surface area contributed by atoms with Crippen molar-refractivity contribution in [1.29, 1.82) is 0 Å². The highest BCUT2D eigenvalue weighted by molar-refractivity contribution is 6.05. The third-order valence-electron chi connectivity index (χ3n) is 25.2. The van der Waals surface area contributed by atoms with E-state index in [2.05, 4.69) is 109 Å². The van der Waals surface area contributed by atoms with Crippen molar-refractivity contribution in [3.05, 3.63) is 156 Å². The number of hydrogen-bond acceptors (Lipinski definition) is 24. The molecule has 2 amide bonds. The molecular weight excluding hydrogens is 1630 g/mol. The summed E-state index contributed by atoms with van der Waals surface area (Å²) in [5, 5.41) is 0. The number of likely N-dealkylation sites (N-methyl/N-ethyl adjacent to an activating group) is 2. The molecule has 2 unspecified atom stereocenters. The van der Waals surface area contributed by atoms with E-state index in [1.165, 1.54) is 103 Å². The van der Waals surface area contributed by atoms with Gasteiger partial charge in [-0.2, -0.15) is 0 Å². The first-order valence-corrected chi connectivity index (χ1v) is 48.2. The normalized spacial score (nSPS) is 14.9. The number of benzene rings is 4. The number of nitrogens with zero attached hydrogens (tertiary/aromatic N) is 8. The van der Waals surface area contributed by atoms with Crippen LogP contribution in [0.25, 0.3) is 0 Å². The lowest BCUT2D eigenvalue weighted by molar-refractivity contribution is -0.146. The van der Waals surface area contributed by atoms with E-state index in [1.807, 2.05) is 82.6 Å². The molecule has 0 N–H and O–H groups in total. The smallest absolute Gasteiger partial charge is 0.330 e. The molecule has 3 heterocycles. The Balaban J connectivity index is 0.887. The summed E-state index contributed by atoms with van der Waals surface area (Å²) in [5.74, 6) is -1.53. The van der Waals surface area contributed by atoms with Crippen LogP contribution in [-0.2, 0) is 79.4 Å². The Morgan fingerprint density at radius 3 is 0.875 bits per heavy atom. The Morgan fingerprint density at radius 1 is 0.328 bits per heavy atom. The average molecular weight is 1780 g/mol. The van der Waals surface area contributed by atoms with Crippen LogP contribution in [0.2, 0.25) is 0 Å². The van der Waals surface area contributed by atoms with Gasteiger partial charge in [-0.1, -0.05) is 181 Å². The summed E-state index contributed by atoms with van der Waals surface area (Å²) >= 11 is 0. The first-order valence-electron chi connectivity index (χ1n) is 48.2. The number of carbonyl (C=O) groups is 8.